The molecule has 1 saturated heterocycles. The van der Waals surface area contributed by atoms with Gasteiger partial charge in [0.25, 0.3) is 0 Å². The SMILES string of the molecule is CC1OCCC1CNC(=O)C1CC1. The first-order chi connectivity index (χ1) is 6.27. The van der Waals surface area contributed by atoms with Crippen molar-refractivity contribution in [1.29, 1.82) is 0 Å². The van der Waals surface area contributed by atoms with Crippen LogP contribution in [0.15, 0.2) is 0 Å². The molecule has 1 heterocycles. The fourth-order valence-electron chi connectivity index (χ4n) is 1.77. The van der Waals surface area contributed by atoms with Crippen molar-refractivity contribution in [2.75, 3.05) is 13.2 Å². The van der Waals surface area contributed by atoms with Crippen LogP contribution in [0.2, 0.25) is 0 Å². The van der Waals surface area contributed by atoms with Crippen LogP contribution >= 0.6 is 0 Å². The average molecular weight is 183 g/mol. The molecule has 0 radical (unpaired) electrons. The van der Waals surface area contributed by atoms with E-state index in [2.05, 4.69) is 12.2 Å². The highest BCUT2D eigenvalue weighted by atomic mass is 16.5. The number of carbonyl (C=O) groups is 1. The Bertz CT molecular complexity index is 201. The number of rotatable bonds is 3. The minimum atomic E-state index is 0.249. The Morgan fingerprint density at radius 1 is 1.46 bits per heavy atom. The van der Waals surface area contributed by atoms with Crippen molar-refractivity contribution < 1.29 is 9.53 Å². The summed E-state index contributed by atoms with van der Waals surface area (Å²) < 4.78 is 5.42. The molecule has 13 heavy (non-hydrogen) atoms. The second kappa shape index (κ2) is 3.66. The lowest BCUT2D eigenvalue weighted by Gasteiger charge is -2.14. The van der Waals surface area contributed by atoms with E-state index >= 15 is 0 Å². The van der Waals surface area contributed by atoms with Gasteiger partial charge >= 0.3 is 0 Å². The summed E-state index contributed by atoms with van der Waals surface area (Å²) in [4.78, 5) is 11.3. The zero-order valence-corrected chi connectivity index (χ0v) is 8.08. The average Bonchev–Trinajstić information content (AvgIpc) is 2.88. The minimum Gasteiger partial charge on any atom is -0.378 e. The molecule has 0 bridgehead atoms. The van der Waals surface area contributed by atoms with Crippen molar-refractivity contribution in [2.24, 2.45) is 11.8 Å². The third-order valence-electron chi connectivity index (χ3n) is 3.02. The Balaban J connectivity index is 1.68. The highest BCUT2D eigenvalue weighted by molar-refractivity contribution is 5.80. The topological polar surface area (TPSA) is 38.3 Å². The lowest BCUT2D eigenvalue weighted by molar-refractivity contribution is -0.122. The molecule has 3 heteroatoms. The normalized spacial score (nSPS) is 33.3. The van der Waals surface area contributed by atoms with Crippen LogP contribution < -0.4 is 5.32 Å². The summed E-state index contributed by atoms with van der Waals surface area (Å²) in [6, 6.07) is 0. The number of nitrogens with one attached hydrogen (secondary N) is 1. The molecule has 2 fully saturated rings. The first-order valence-corrected chi connectivity index (χ1v) is 5.16. The minimum absolute atomic E-state index is 0.249. The third-order valence-corrected chi connectivity index (χ3v) is 3.02. The first-order valence-electron chi connectivity index (χ1n) is 5.16. The van der Waals surface area contributed by atoms with Crippen molar-refractivity contribution in [3.8, 4) is 0 Å². The van der Waals surface area contributed by atoms with Gasteiger partial charge in [-0.25, -0.2) is 0 Å². The standard InChI is InChI=1S/C10H17NO2/c1-7-9(4-5-13-7)6-11-10(12)8-2-3-8/h7-9H,2-6H2,1H3,(H,11,12). The van der Waals surface area contributed by atoms with Gasteiger partial charge in [-0.2, -0.15) is 0 Å². The van der Waals surface area contributed by atoms with E-state index in [9.17, 15) is 4.79 Å². The molecule has 2 aliphatic rings. The van der Waals surface area contributed by atoms with Gasteiger partial charge in [0.15, 0.2) is 0 Å². The summed E-state index contributed by atoms with van der Waals surface area (Å²) in [6.45, 7) is 3.74. The Hall–Kier alpha value is -0.570. The van der Waals surface area contributed by atoms with Crippen LogP contribution in [0.1, 0.15) is 26.2 Å². The van der Waals surface area contributed by atoms with Crippen LogP contribution in [0.5, 0.6) is 0 Å². The van der Waals surface area contributed by atoms with Crippen molar-refractivity contribution in [1.82, 2.24) is 5.32 Å². The zero-order chi connectivity index (χ0) is 9.26. The van der Waals surface area contributed by atoms with Crippen molar-refractivity contribution in [3.05, 3.63) is 0 Å². The van der Waals surface area contributed by atoms with Gasteiger partial charge in [-0.3, -0.25) is 4.79 Å². The maximum absolute atomic E-state index is 11.3. The Kier molecular flexibility index (Phi) is 2.54. The fraction of sp³-hybridized carbons (Fsp3) is 0.900. The van der Waals surface area contributed by atoms with E-state index < -0.39 is 0 Å². The zero-order valence-electron chi connectivity index (χ0n) is 8.08. The van der Waals surface area contributed by atoms with Gasteiger partial charge in [0.1, 0.15) is 0 Å². The van der Waals surface area contributed by atoms with Crippen molar-refractivity contribution in [3.63, 3.8) is 0 Å². The summed E-state index contributed by atoms with van der Waals surface area (Å²) in [6.07, 6.45) is 3.58. The van der Waals surface area contributed by atoms with Gasteiger partial charge in [-0.05, 0) is 26.2 Å². The number of carbonyl (C=O) groups excluding carboxylic acids is 1. The number of hydrogen-bond donors (Lipinski definition) is 1. The van der Waals surface area contributed by atoms with E-state index in [1.807, 2.05) is 0 Å². The van der Waals surface area contributed by atoms with E-state index in [4.69, 9.17) is 4.74 Å². The van der Waals surface area contributed by atoms with Crippen molar-refractivity contribution >= 4 is 5.91 Å². The molecule has 2 rings (SSSR count). The molecule has 1 saturated carbocycles. The van der Waals surface area contributed by atoms with E-state index in [1.165, 1.54) is 0 Å². The van der Waals surface area contributed by atoms with Gasteiger partial charge in [0.05, 0.1) is 6.10 Å². The van der Waals surface area contributed by atoms with E-state index in [0.717, 1.165) is 32.4 Å². The van der Waals surface area contributed by atoms with Crippen LogP contribution in [0.25, 0.3) is 0 Å². The first kappa shape index (κ1) is 9.00. The van der Waals surface area contributed by atoms with E-state index in [0.29, 0.717) is 17.9 Å². The van der Waals surface area contributed by atoms with Crippen LogP contribution in [-0.4, -0.2) is 25.2 Å². The molecule has 2 atom stereocenters. The second-order valence-corrected chi connectivity index (χ2v) is 4.14. The number of amides is 1. The van der Waals surface area contributed by atoms with Gasteiger partial charge in [-0.1, -0.05) is 0 Å². The fourth-order valence-corrected chi connectivity index (χ4v) is 1.77. The van der Waals surface area contributed by atoms with Gasteiger partial charge in [-0.15, -0.1) is 0 Å². The largest absolute Gasteiger partial charge is 0.378 e. The summed E-state index contributed by atoms with van der Waals surface area (Å²) in [7, 11) is 0. The maximum atomic E-state index is 11.3. The lowest BCUT2D eigenvalue weighted by atomic mass is 10.0. The molecular formula is C10H17NO2. The number of hydrogen-bond acceptors (Lipinski definition) is 2. The summed E-state index contributed by atoms with van der Waals surface area (Å²) >= 11 is 0. The van der Waals surface area contributed by atoms with Crippen molar-refractivity contribution in [2.45, 2.75) is 32.3 Å². The summed E-state index contributed by atoms with van der Waals surface area (Å²) in [5, 5.41) is 3.00. The van der Waals surface area contributed by atoms with E-state index in [1.54, 1.807) is 0 Å². The van der Waals surface area contributed by atoms with Gasteiger partial charge < -0.3 is 10.1 Å². The molecule has 0 aromatic carbocycles. The molecule has 0 aromatic rings. The molecule has 1 N–H and O–H groups in total. The Morgan fingerprint density at radius 3 is 2.77 bits per heavy atom. The molecule has 1 amide bonds. The van der Waals surface area contributed by atoms with E-state index in [-0.39, 0.29) is 5.91 Å². The smallest absolute Gasteiger partial charge is 0.223 e. The highest BCUT2D eigenvalue weighted by Crippen LogP contribution is 2.29. The number of ether oxygens (including phenoxy) is 1. The molecule has 2 unspecified atom stereocenters. The molecule has 1 aliphatic carbocycles. The molecule has 0 aromatic heterocycles. The second-order valence-electron chi connectivity index (χ2n) is 4.14. The summed E-state index contributed by atoms with van der Waals surface area (Å²) in [5.41, 5.74) is 0. The molecule has 74 valence electrons. The highest BCUT2D eigenvalue weighted by Gasteiger charge is 2.31. The van der Waals surface area contributed by atoms with Crippen LogP contribution in [0.4, 0.5) is 0 Å². The lowest BCUT2D eigenvalue weighted by Crippen LogP contribution is -2.32. The molecule has 3 nitrogen and oxygen atoms in total. The van der Waals surface area contributed by atoms with Gasteiger partial charge in [0, 0.05) is 25.0 Å². The monoisotopic (exact) mass is 183 g/mol. The predicted octanol–water partition coefficient (Wildman–Crippen LogP) is 0.938. The predicted molar refractivity (Wildman–Crippen MR) is 49.3 cm³/mol. The molecule has 1 aliphatic heterocycles. The Morgan fingerprint density at radius 2 is 2.23 bits per heavy atom. The molecular weight excluding hydrogens is 166 g/mol. The van der Waals surface area contributed by atoms with Gasteiger partial charge in [0.2, 0.25) is 5.91 Å². The Labute approximate surface area is 78.8 Å². The van der Waals surface area contributed by atoms with Crippen LogP contribution in [-0.2, 0) is 9.53 Å². The third kappa shape index (κ3) is 2.21. The quantitative estimate of drug-likeness (QED) is 0.707. The molecule has 0 spiro atoms. The van der Waals surface area contributed by atoms with Crippen LogP contribution in [0.3, 0.4) is 0 Å². The van der Waals surface area contributed by atoms with Crippen LogP contribution in [0, 0.1) is 11.8 Å². The summed E-state index contributed by atoms with van der Waals surface area (Å²) in [5.74, 6) is 1.11. The maximum Gasteiger partial charge on any atom is 0.223 e.